The van der Waals surface area contributed by atoms with Crippen LogP contribution >= 0.6 is 22.7 Å². The van der Waals surface area contributed by atoms with Gasteiger partial charge in [0.05, 0.1) is 4.88 Å². The van der Waals surface area contributed by atoms with Crippen LogP contribution in [0.25, 0.3) is 9.88 Å². The van der Waals surface area contributed by atoms with E-state index in [1.54, 1.807) is 16.7 Å². The predicted molar refractivity (Wildman–Crippen MR) is 55.6 cm³/mol. The second-order valence-corrected chi connectivity index (χ2v) is 4.40. The van der Waals surface area contributed by atoms with Crippen molar-refractivity contribution in [3.8, 4) is 9.88 Å². The summed E-state index contributed by atoms with van der Waals surface area (Å²) < 4.78 is 0. The summed E-state index contributed by atoms with van der Waals surface area (Å²) in [7, 11) is 0. The molecule has 2 nitrogen and oxygen atoms in total. The van der Waals surface area contributed by atoms with Crippen molar-refractivity contribution in [3.63, 3.8) is 0 Å². The number of thiazole rings is 1. The minimum atomic E-state index is 0.521. The lowest BCUT2D eigenvalue weighted by Gasteiger charge is -1.90. The fourth-order valence-electron chi connectivity index (χ4n) is 1.04. The number of nitrogens with zero attached hydrogens (tertiary/aromatic N) is 1. The van der Waals surface area contributed by atoms with Gasteiger partial charge in [0, 0.05) is 5.38 Å². The van der Waals surface area contributed by atoms with Gasteiger partial charge in [0.1, 0.15) is 10.7 Å². The summed E-state index contributed by atoms with van der Waals surface area (Å²) in [6.45, 7) is 2.05. The van der Waals surface area contributed by atoms with E-state index in [1.807, 2.05) is 12.3 Å². The van der Waals surface area contributed by atoms with Gasteiger partial charge in [-0.25, -0.2) is 4.98 Å². The Labute approximate surface area is 83.9 Å². The second kappa shape index (κ2) is 3.40. The van der Waals surface area contributed by atoms with Gasteiger partial charge in [0.15, 0.2) is 6.29 Å². The molecule has 0 spiro atoms. The summed E-state index contributed by atoms with van der Waals surface area (Å²) in [5, 5.41) is 4.75. The van der Waals surface area contributed by atoms with Crippen LogP contribution in [-0.4, -0.2) is 11.3 Å². The zero-order valence-corrected chi connectivity index (χ0v) is 8.61. The normalized spacial score (nSPS) is 10.2. The topological polar surface area (TPSA) is 30.0 Å². The molecule has 2 aromatic heterocycles. The summed E-state index contributed by atoms with van der Waals surface area (Å²) >= 11 is 3.17. The molecule has 2 aromatic rings. The van der Waals surface area contributed by atoms with E-state index in [0.29, 0.717) is 5.69 Å². The van der Waals surface area contributed by atoms with Gasteiger partial charge in [0.25, 0.3) is 0 Å². The third-order valence-electron chi connectivity index (χ3n) is 1.70. The molecule has 2 rings (SSSR count). The van der Waals surface area contributed by atoms with Crippen molar-refractivity contribution >= 4 is 29.0 Å². The molecule has 0 aliphatic rings. The first kappa shape index (κ1) is 8.59. The fourth-order valence-corrected chi connectivity index (χ4v) is 2.90. The Morgan fingerprint density at radius 2 is 2.31 bits per heavy atom. The molecule has 0 aliphatic carbocycles. The van der Waals surface area contributed by atoms with Crippen molar-refractivity contribution in [3.05, 3.63) is 28.1 Å². The summed E-state index contributed by atoms with van der Waals surface area (Å²) in [5.41, 5.74) is 1.74. The Kier molecular flexibility index (Phi) is 2.24. The molecule has 0 saturated carbocycles. The van der Waals surface area contributed by atoms with E-state index in [4.69, 9.17) is 0 Å². The molecule has 0 aliphatic heterocycles. The lowest BCUT2D eigenvalue weighted by Crippen LogP contribution is -1.78. The van der Waals surface area contributed by atoms with Crippen LogP contribution in [0.4, 0.5) is 0 Å². The first-order valence-electron chi connectivity index (χ1n) is 3.76. The summed E-state index contributed by atoms with van der Waals surface area (Å²) in [6.07, 6.45) is 0.781. The molecule has 0 N–H and O–H groups in total. The molecule has 0 aromatic carbocycles. The second-order valence-electron chi connectivity index (χ2n) is 2.63. The molecule has 0 fully saturated rings. The number of rotatable bonds is 2. The average molecular weight is 209 g/mol. The van der Waals surface area contributed by atoms with Gasteiger partial charge >= 0.3 is 0 Å². The Morgan fingerprint density at radius 1 is 1.46 bits per heavy atom. The van der Waals surface area contributed by atoms with Crippen molar-refractivity contribution in [1.29, 1.82) is 0 Å². The molecular formula is C9H7NOS2. The minimum Gasteiger partial charge on any atom is -0.296 e. The number of carbonyl (C=O) groups is 1. The number of thiophene rings is 1. The first-order chi connectivity index (χ1) is 6.31. The molecule has 0 unspecified atom stereocenters. The number of aryl methyl sites for hydroxylation is 1. The molecule has 66 valence electrons. The average Bonchev–Trinajstić information content (AvgIpc) is 2.71. The van der Waals surface area contributed by atoms with Crippen LogP contribution in [0.1, 0.15) is 16.1 Å². The summed E-state index contributed by atoms with van der Waals surface area (Å²) in [5.74, 6) is 0. The zero-order chi connectivity index (χ0) is 9.26. The highest BCUT2D eigenvalue weighted by molar-refractivity contribution is 7.20. The molecule has 0 saturated heterocycles. The highest BCUT2D eigenvalue weighted by atomic mass is 32.1. The Morgan fingerprint density at radius 3 is 2.85 bits per heavy atom. The van der Waals surface area contributed by atoms with Crippen LogP contribution in [0, 0.1) is 6.92 Å². The van der Waals surface area contributed by atoms with E-state index in [1.165, 1.54) is 16.9 Å². The van der Waals surface area contributed by atoms with Crippen molar-refractivity contribution in [1.82, 2.24) is 4.98 Å². The molecule has 13 heavy (non-hydrogen) atoms. The Hall–Kier alpha value is -1.00. The standard InChI is InChI=1S/C9H7NOS2/c1-6-2-3-12-8(6)9-10-7(4-11)5-13-9/h2-5H,1H3. The van der Waals surface area contributed by atoms with Crippen molar-refractivity contribution in [2.75, 3.05) is 0 Å². The maximum Gasteiger partial charge on any atom is 0.169 e. The molecule has 4 heteroatoms. The van der Waals surface area contributed by atoms with Gasteiger partial charge in [-0.15, -0.1) is 22.7 Å². The lowest BCUT2D eigenvalue weighted by atomic mass is 10.3. The Bertz CT molecular complexity index is 430. The number of hydrogen-bond donors (Lipinski definition) is 0. The SMILES string of the molecule is Cc1ccsc1-c1nc(C=O)cs1. The Balaban J connectivity index is 2.46. The molecule has 0 radical (unpaired) electrons. The van der Waals surface area contributed by atoms with Gasteiger partial charge in [-0.3, -0.25) is 4.79 Å². The third kappa shape index (κ3) is 1.55. The summed E-state index contributed by atoms with van der Waals surface area (Å²) in [6, 6.07) is 2.06. The quantitative estimate of drug-likeness (QED) is 0.712. The first-order valence-corrected chi connectivity index (χ1v) is 5.52. The van der Waals surface area contributed by atoms with E-state index >= 15 is 0 Å². The molecular weight excluding hydrogens is 202 g/mol. The third-order valence-corrected chi connectivity index (χ3v) is 3.73. The number of aromatic nitrogens is 1. The van der Waals surface area contributed by atoms with Gasteiger partial charge in [-0.2, -0.15) is 0 Å². The van der Waals surface area contributed by atoms with Crippen molar-refractivity contribution in [2.24, 2.45) is 0 Å². The van der Waals surface area contributed by atoms with Crippen LogP contribution in [0.15, 0.2) is 16.8 Å². The maximum atomic E-state index is 10.4. The largest absolute Gasteiger partial charge is 0.296 e. The number of aldehydes is 1. The minimum absolute atomic E-state index is 0.521. The van der Waals surface area contributed by atoms with Gasteiger partial charge < -0.3 is 0 Å². The highest BCUT2D eigenvalue weighted by Crippen LogP contribution is 2.30. The monoisotopic (exact) mass is 209 g/mol. The van der Waals surface area contributed by atoms with Crippen LogP contribution in [0.3, 0.4) is 0 Å². The predicted octanol–water partition coefficient (Wildman–Crippen LogP) is 2.99. The molecule has 0 bridgehead atoms. The smallest absolute Gasteiger partial charge is 0.169 e. The van der Waals surface area contributed by atoms with Crippen LogP contribution < -0.4 is 0 Å². The van der Waals surface area contributed by atoms with E-state index in [-0.39, 0.29) is 0 Å². The van der Waals surface area contributed by atoms with Gasteiger partial charge in [-0.05, 0) is 23.9 Å². The number of hydrogen-bond acceptors (Lipinski definition) is 4. The van der Waals surface area contributed by atoms with E-state index in [2.05, 4.69) is 11.1 Å². The van der Waals surface area contributed by atoms with Crippen molar-refractivity contribution < 1.29 is 4.79 Å². The maximum absolute atomic E-state index is 10.4. The van der Waals surface area contributed by atoms with Crippen LogP contribution in [0.5, 0.6) is 0 Å². The highest BCUT2D eigenvalue weighted by Gasteiger charge is 2.07. The molecule has 0 amide bonds. The summed E-state index contributed by atoms with van der Waals surface area (Å²) in [4.78, 5) is 15.8. The van der Waals surface area contributed by atoms with Crippen molar-refractivity contribution in [2.45, 2.75) is 6.92 Å². The zero-order valence-electron chi connectivity index (χ0n) is 6.98. The molecule has 0 atom stereocenters. The number of carbonyl (C=O) groups excluding carboxylic acids is 1. The van der Waals surface area contributed by atoms with Gasteiger partial charge in [0.2, 0.25) is 0 Å². The fraction of sp³-hybridized carbons (Fsp3) is 0.111. The van der Waals surface area contributed by atoms with Crippen LogP contribution in [-0.2, 0) is 0 Å². The van der Waals surface area contributed by atoms with E-state index in [0.717, 1.165) is 16.2 Å². The lowest BCUT2D eigenvalue weighted by molar-refractivity contribution is 0.111. The van der Waals surface area contributed by atoms with Crippen LogP contribution in [0.2, 0.25) is 0 Å². The van der Waals surface area contributed by atoms with E-state index in [9.17, 15) is 4.79 Å². The molecule has 2 heterocycles. The van der Waals surface area contributed by atoms with E-state index < -0.39 is 0 Å². The van der Waals surface area contributed by atoms with Gasteiger partial charge in [-0.1, -0.05) is 0 Å².